The molecule has 0 unspecified atom stereocenters. The quantitative estimate of drug-likeness (QED) is 0.758. The van der Waals surface area contributed by atoms with Crippen LogP contribution >= 0.6 is 0 Å². The van der Waals surface area contributed by atoms with Crippen molar-refractivity contribution < 1.29 is 4.52 Å². The van der Waals surface area contributed by atoms with Gasteiger partial charge in [-0.05, 0) is 19.1 Å². The third-order valence-electron chi connectivity index (χ3n) is 2.70. The topological polar surface area (TPSA) is 95.7 Å². The lowest BCUT2D eigenvalue weighted by Gasteiger charge is -2.07. The van der Waals surface area contributed by atoms with Gasteiger partial charge in [0.15, 0.2) is 5.82 Å². The minimum atomic E-state index is 0.449. The van der Waals surface area contributed by atoms with Crippen molar-refractivity contribution >= 4 is 5.82 Å². The van der Waals surface area contributed by atoms with Gasteiger partial charge < -0.3 is 14.8 Å². The van der Waals surface area contributed by atoms with Crippen molar-refractivity contribution in [1.82, 2.24) is 24.7 Å². The molecule has 0 aliphatic carbocycles. The van der Waals surface area contributed by atoms with Gasteiger partial charge in [-0.1, -0.05) is 5.16 Å². The Labute approximate surface area is 109 Å². The molecule has 3 heterocycles. The Balaban J connectivity index is 1.97. The smallest absolute Gasteiger partial charge is 0.246 e. The van der Waals surface area contributed by atoms with E-state index in [-0.39, 0.29) is 0 Å². The standard InChI is InChI=1S/C12H12N6O/c1-8-16-11(19-17-8)6-18-7-14-5-10(18)9-3-2-4-15-12(9)13/h2-5,7H,6H2,1H3,(H2,13,15). The molecule has 19 heavy (non-hydrogen) atoms. The predicted molar refractivity (Wildman–Crippen MR) is 68.0 cm³/mol. The average molecular weight is 256 g/mol. The third-order valence-corrected chi connectivity index (χ3v) is 2.70. The van der Waals surface area contributed by atoms with Crippen molar-refractivity contribution in [3.63, 3.8) is 0 Å². The number of aromatic nitrogens is 5. The zero-order valence-corrected chi connectivity index (χ0v) is 10.3. The Hall–Kier alpha value is -2.70. The van der Waals surface area contributed by atoms with Crippen molar-refractivity contribution in [2.45, 2.75) is 13.5 Å². The highest BCUT2D eigenvalue weighted by Gasteiger charge is 2.11. The van der Waals surface area contributed by atoms with Crippen LogP contribution in [0, 0.1) is 6.92 Å². The fourth-order valence-electron chi connectivity index (χ4n) is 1.86. The molecule has 0 atom stereocenters. The van der Waals surface area contributed by atoms with Crippen LogP contribution in [0.25, 0.3) is 11.3 Å². The second-order valence-electron chi connectivity index (χ2n) is 4.08. The Morgan fingerprint density at radius 1 is 1.42 bits per heavy atom. The Kier molecular flexibility index (Phi) is 2.71. The first-order valence-corrected chi connectivity index (χ1v) is 5.74. The van der Waals surface area contributed by atoms with Gasteiger partial charge >= 0.3 is 0 Å². The summed E-state index contributed by atoms with van der Waals surface area (Å²) in [7, 11) is 0. The molecule has 96 valence electrons. The number of nitrogens with zero attached hydrogens (tertiary/aromatic N) is 5. The van der Waals surface area contributed by atoms with Crippen LogP contribution in [0.5, 0.6) is 0 Å². The van der Waals surface area contributed by atoms with E-state index in [1.54, 1.807) is 25.6 Å². The van der Waals surface area contributed by atoms with Gasteiger partial charge in [-0.3, -0.25) is 0 Å². The molecule has 0 bridgehead atoms. The third kappa shape index (κ3) is 2.17. The first-order chi connectivity index (χ1) is 9.24. The number of rotatable bonds is 3. The summed E-state index contributed by atoms with van der Waals surface area (Å²) in [5, 5.41) is 3.76. The van der Waals surface area contributed by atoms with Crippen LogP contribution in [0.2, 0.25) is 0 Å². The van der Waals surface area contributed by atoms with Crippen LogP contribution in [-0.2, 0) is 6.54 Å². The summed E-state index contributed by atoms with van der Waals surface area (Å²) in [5.41, 5.74) is 7.57. The second kappa shape index (κ2) is 4.52. The van der Waals surface area contributed by atoms with E-state index in [9.17, 15) is 0 Å². The van der Waals surface area contributed by atoms with E-state index < -0.39 is 0 Å². The molecule has 0 spiro atoms. The maximum atomic E-state index is 5.87. The molecule has 3 aromatic rings. The summed E-state index contributed by atoms with van der Waals surface area (Å²) in [6, 6.07) is 3.73. The monoisotopic (exact) mass is 256 g/mol. The highest BCUT2D eigenvalue weighted by Crippen LogP contribution is 2.23. The van der Waals surface area contributed by atoms with Gasteiger partial charge in [-0.25, -0.2) is 9.97 Å². The maximum absolute atomic E-state index is 5.87. The number of hydrogen-bond acceptors (Lipinski definition) is 6. The minimum Gasteiger partial charge on any atom is -0.383 e. The first kappa shape index (κ1) is 11.4. The van der Waals surface area contributed by atoms with E-state index in [0.29, 0.717) is 24.1 Å². The van der Waals surface area contributed by atoms with E-state index in [0.717, 1.165) is 11.3 Å². The van der Waals surface area contributed by atoms with Crippen LogP contribution in [0.3, 0.4) is 0 Å². The molecule has 0 radical (unpaired) electrons. The predicted octanol–water partition coefficient (Wildman–Crippen LogP) is 1.27. The van der Waals surface area contributed by atoms with Gasteiger partial charge in [-0.15, -0.1) is 0 Å². The SMILES string of the molecule is Cc1noc(Cn2cncc2-c2cccnc2N)n1. The molecule has 7 nitrogen and oxygen atoms in total. The van der Waals surface area contributed by atoms with Gasteiger partial charge in [0.25, 0.3) is 0 Å². The normalized spacial score (nSPS) is 10.8. The number of nitrogens with two attached hydrogens (primary N) is 1. The Morgan fingerprint density at radius 3 is 3.05 bits per heavy atom. The van der Waals surface area contributed by atoms with Crippen LogP contribution in [0.1, 0.15) is 11.7 Å². The minimum absolute atomic E-state index is 0.449. The highest BCUT2D eigenvalue weighted by molar-refractivity contribution is 5.70. The van der Waals surface area contributed by atoms with Crippen molar-refractivity contribution in [1.29, 1.82) is 0 Å². The van der Waals surface area contributed by atoms with Crippen molar-refractivity contribution in [3.05, 3.63) is 42.6 Å². The molecule has 0 aromatic carbocycles. The molecule has 0 aliphatic rings. The van der Waals surface area contributed by atoms with Crippen molar-refractivity contribution in [2.75, 3.05) is 5.73 Å². The number of nitrogen functional groups attached to an aromatic ring is 1. The molecule has 0 saturated heterocycles. The number of imidazole rings is 1. The fourth-order valence-corrected chi connectivity index (χ4v) is 1.86. The molecule has 0 amide bonds. The second-order valence-corrected chi connectivity index (χ2v) is 4.08. The van der Waals surface area contributed by atoms with Crippen LogP contribution < -0.4 is 5.73 Å². The number of aryl methyl sites for hydroxylation is 1. The summed E-state index contributed by atoms with van der Waals surface area (Å²) in [4.78, 5) is 12.4. The van der Waals surface area contributed by atoms with Gasteiger partial charge in [0.05, 0.1) is 18.2 Å². The maximum Gasteiger partial charge on any atom is 0.246 e. The molecule has 0 saturated carbocycles. The molecule has 0 aliphatic heterocycles. The summed E-state index contributed by atoms with van der Waals surface area (Å²) in [6.07, 6.45) is 5.08. The molecular formula is C12H12N6O. The molecule has 7 heteroatoms. The number of pyridine rings is 1. The highest BCUT2D eigenvalue weighted by atomic mass is 16.5. The summed E-state index contributed by atoms with van der Waals surface area (Å²) in [5.74, 6) is 1.60. The van der Waals surface area contributed by atoms with E-state index in [1.807, 2.05) is 16.7 Å². The molecule has 2 N–H and O–H groups in total. The average Bonchev–Trinajstić information content (AvgIpc) is 3.00. The van der Waals surface area contributed by atoms with E-state index in [4.69, 9.17) is 10.3 Å². The van der Waals surface area contributed by atoms with Crippen molar-refractivity contribution in [2.24, 2.45) is 0 Å². The number of hydrogen-bond donors (Lipinski definition) is 1. The van der Waals surface area contributed by atoms with Crippen LogP contribution in [-0.4, -0.2) is 24.7 Å². The van der Waals surface area contributed by atoms with Gasteiger partial charge in [-0.2, -0.15) is 4.98 Å². The van der Waals surface area contributed by atoms with Crippen LogP contribution in [0.4, 0.5) is 5.82 Å². The molecular weight excluding hydrogens is 244 g/mol. The summed E-state index contributed by atoms with van der Waals surface area (Å²) in [6.45, 7) is 2.23. The lowest BCUT2D eigenvalue weighted by molar-refractivity contribution is 0.368. The van der Waals surface area contributed by atoms with Gasteiger partial charge in [0, 0.05) is 11.8 Å². The Morgan fingerprint density at radius 2 is 2.32 bits per heavy atom. The first-order valence-electron chi connectivity index (χ1n) is 5.74. The number of anilines is 1. The van der Waals surface area contributed by atoms with E-state index in [1.165, 1.54) is 0 Å². The fraction of sp³-hybridized carbons (Fsp3) is 0.167. The van der Waals surface area contributed by atoms with Crippen molar-refractivity contribution in [3.8, 4) is 11.3 Å². The largest absolute Gasteiger partial charge is 0.383 e. The lowest BCUT2D eigenvalue weighted by atomic mass is 10.2. The summed E-state index contributed by atoms with van der Waals surface area (Å²) >= 11 is 0. The van der Waals surface area contributed by atoms with E-state index >= 15 is 0 Å². The van der Waals surface area contributed by atoms with Crippen LogP contribution in [0.15, 0.2) is 35.4 Å². The molecule has 0 fully saturated rings. The summed E-state index contributed by atoms with van der Waals surface area (Å²) < 4.78 is 6.99. The molecule has 3 rings (SSSR count). The zero-order valence-electron chi connectivity index (χ0n) is 10.3. The van der Waals surface area contributed by atoms with Gasteiger partial charge in [0.1, 0.15) is 12.4 Å². The lowest BCUT2D eigenvalue weighted by Crippen LogP contribution is -2.03. The molecule has 3 aromatic heterocycles. The zero-order chi connectivity index (χ0) is 13.2. The van der Waals surface area contributed by atoms with Gasteiger partial charge in [0.2, 0.25) is 5.89 Å². The van der Waals surface area contributed by atoms with E-state index in [2.05, 4.69) is 20.1 Å². The Bertz CT molecular complexity index is 702.